The molecular formula is C29H26ClNO4. The van der Waals surface area contributed by atoms with Gasteiger partial charge in [-0.25, -0.2) is 4.79 Å². The summed E-state index contributed by atoms with van der Waals surface area (Å²) in [5.74, 6) is 0.688. The van der Waals surface area contributed by atoms with Crippen molar-refractivity contribution < 1.29 is 19.2 Å². The van der Waals surface area contributed by atoms with Crippen LogP contribution in [0.2, 0.25) is 5.02 Å². The molecule has 0 radical (unpaired) electrons. The summed E-state index contributed by atoms with van der Waals surface area (Å²) in [6.07, 6.45) is 4.35. The van der Waals surface area contributed by atoms with Crippen LogP contribution in [-0.2, 0) is 13.0 Å². The number of aromatic nitrogens is 1. The molecule has 3 aromatic carbocycles. The Hall–Kier alpha value is -3.83. The van der Waals surface area contributed by atoms with Crippen molar-refractivity contribution in [3.05, 3.63) is 117 Å². The summed E-state index contributed by atoms with van der Waals surface area (Å²) in [6, 6.07) is 22.4. The third-order valence-electron chi connectivity index (χ3n) is 5.58. The van der Waals surface area contributed by atoms with Gasteiger partial charge in [0.05, 0.1) is 21.8 Å². The molecule has 0 spiro atoms. The van der Waals surface area contributed by atoms with Crippen molar-refractivity contribution in [1.82, 2.24) is 5.16 Å². The van der Waals surface area contributed by atoms with Crippen molar-refractivity contribution in [1.29, 1.82) is 0 Å². The summed E-state index contributed by atoms with van der Waals surface area (Å²) in [7, 11) is 0. The van der Waals surface area contributed by atoms with Crippen molar-refractivity contribution in [3.63, 3.8) is 0 Å². The summed E-state index contributed by atoms with van der Waals surface area (Å²) in [6.45, 7) is 4.47. The zero-order valence-electron chi connectivity index (χ0n) is 19.6. The monoisotopic (exact) mass is 487 g/mol. The van der Waals surface area contributed by atoms with Crippen molar-refractivity contribution in [2.45, 2.75) is 32.8 Å². The molecule has 4 rings (SSSR count). The van der Waals surface area contributed by atoms with Gasteiger partial charge in [0.25, 0.3) is 0 Å². The van der Waals surface area contributed by atoms with Crippen LogP contribution in [0.4, 0.5) is 0 Å². The largest absolute Gasteiger partial charge is 0.489 e. The van der Waals surface area contributed by atoms with Gasteiger partial charge in [-0.2, -0.15) is 0 Å². The highest BCUT2D eigenvalue weighted by Crippen LogP contribution is 2.28. The number of hydrogen-bond donors (Lipinski definition) is 1. The highest BCUT2D eigenvalue weighted by molar-refractivity contribution is 6.32. The van der Waals surface area contributed by atoms with Gasteiger partial charge in [0.15, 0.2) is 0 Å². The van der Waals surface area contributed by atoms with Crippen LogP contribution >= 0.6 is 11.6 Å². The summed E-state index contributed by atoms with van der Waals surface area (Å²) < 4.78 is 11.7. The zero-order valence-corrected chi connectivity index (χ0v) is 20.3. The predicted molar refractivity (Wildman–Crippen MR) is 138 cm³/mol. The number of carboxylic acids is 1. The molecule has 1 heterocycles. The Balaban J connectivity index is 1.48. The number of carboxylic acid groups (broad SMARTS) is 1. The molecule has 4 aromatic rings. The molecule has 0 fully saturated rings. The fourth-order valence-corrected chi connectivity index (χ4v) is 3.98. The summed E-state index contributed by atoms with van der Waals surface area (Å²) in [4.78, 5) is 11.2. The number of halogens is 1. The summed E-state index contributed by atoms with van der Waals surface area (Å²) in [5, 5.41) is 14.0. The first-order valence-corrected chi connectivity index (χ1v) is 11.7. The first-order valence-electron chi connectivity index (χ1n) is 11.4. The molecule has 0 amide bonds. The first-order chi connectivity index (χ1) is 16.9. The van der Waals surface area contributed by atoms with E-state index >= 15 is 0 Å². The lowest BCUT2D eigenvalue weighted by Crippen LogP contribution is -2.03. The van der Waals surface area contributed by atoms with E-state index in [4.69, 9.17) is 26.0 Å². The molecule has 6 heteroatoms. The van der Waals surface area contributed by atoms with E-state index in [1.54, 1.807) is 24.3 Å². The average molecular weight is 488 g/mol. The molecule has 1 aromatic heterocycles. The molecule has 0 saturated heterocycles. The van der Waals surface area contributed by atoms with Gasteiger partial charge in [-0.3, -0.25) is 0 Å². The molecule has 0 aliphatic carbocycles. The topological polar surface area (TPSA) is 72.6 Å². The van der Waals surface area contributed by atoms with Gasteiger partial charge in [-0.1, -0.05) is 85.2 Å². The predicted octanol–water partition coefficient (Wildman–Crippen LogP) is 7.49. The van der Waals surface area contributed by atoms with E-state index in [2.05, 4.69) is 31.1 Å². The average Bonchev–Trinajstić information content (AvgIpc) is 3.25. The fourth-order valence-electron chi connectivity index (χ4n) is 3.74. The second-order valence-electron chi connectivity index (χ2n) is 8.53. The SMILES string of the molecule is CC(C)c1onc(Cc2ccccc2)c1COc1ccc(/C=C/c2cccc(C(=O)O)c2)c(Cl)c1. The van der Waals surface area contributed by atoms with Gasteiger partial charge in [0.1, 0.15) is 18.1 Å². The molecule has 0 saturated carbocycles. The van der Waals surface area contributed by atoms with Crippen molar-refractivity contribution in [3.8, 4) is 5.75 Å². The maximum atomic E-state index is 11.2. The highest BCUT2D eigenvalue weighted by Gasteiger charge is 2.19. The van der Waals surface area contributed by atoms with E-state index in [0.717, 1.165) is 33.7 Å². The van der Waals surface area contributed by atoms with Crippen LogP contribution in [0.5, 0.6) is 5.75 Å². The van der Waals surface area contributed by atoms with Crippen LogP contribution in [0.15, 0.2) is 77.3 Å². The van der Waals surface area contributed by atoms with Crippen LogP contribution in [0.3, 0.4) is 0 Å². The van der Waals surface area contributed by atoms with Gasteiger partial charge < -0.3 is 14.4 Å². The number of carbonyl (C=O) groups is 1. The number of nitrogens with zero attached hydrogens (tertiary/aromatic N) is 1. The van der Waals surface area contributed by atoms with Gasteiger partial charge in [0, 0.05) is 12.3 Å². The van der Waals surface area contributed by atoms with Crippen molar-refractivity contribution >= 4 is 29.7 Å². The zero-order chi connectivity index (χ0) is 24.8. The molecule has 5 nitrogen and oxygen atoms in total. The van der Waals surface area contributed by atoms with E-state index in [0.29, 0.717) is 23.8 Å². The van der Waals surface area contributed by atoms with Crippen molar-refractivity contribution in [2.24, 2.45) is 0 Å². The van der Waals surface area contributed by atoms with E-state index < -0.39 is 5.97 Å². The maximum Gasteiger partial charge on any atom is 0.335 e. The van der Waals surface area contributed by atoms with Crippen LogP contribution < -0.4 is 4.74 Å². The first kappa shape index (κ1) is 24.3. The normalized spacial score (nSPS) is 11.3. The van der Waals surface area contributed by atoms with Crippen LogP contribution in [-0.4, -0.2) is 16.2 Å². The summed E-state index contributed by atoms with van der Waals surface area (Å²) >= 11 is 6.50. The van der Waals surface area contributed by atoms with E-state index in [1.807, 2.05) is 48.6 Å². The molecule has 0 unspecified atom stereocenters. The van der Waals surface area contributed by atoms with E-state index in [-0.39, 0.29) is 11.5 Å². The number of rotatable bonds is 9. The standard InChI is InChI=1S/C29H26ClNO4/c1-19(2)28-25(27(31-35-28)16-20-7-4-3-5-8-20)18-34-24-14-13-22(26(30)17-24)12-11-21-9-6-10-23(15-21)29(32)33/h3-15,17,19H,16,18H2,1-2H3,(H,32,33)/b12-11+. The van der Waals surface area contributed by atoms with E-state index in [9.17, 15) is 4.79 Å². The lowest BCUT2D eigenvalue weighted by Gasteiger charge is -2.10. The van der Waals surface area contributed by atoms with Gasteiger partial charge in [-0.15, -0.1) is 0 Å². The van der Waals surface area contributed by atoms with Crippen molar-refractivity contribution in [2.75, 3.05) is 0 Å². The van der Waals surface area contributed by atoms with Gasteiger partial charge in [-0.05, 0) is 47.0 Å². The molecule has 35 heavy (non-hydrogen) atoms. The Morgan fingerprint density at radius 1 is 1.06 bits per heavy atom. The molecule has 0 atom stereocenters. The number of benzene rings is 3. The molecule has 0 aliphatic heterocycles. The Morgan fingerprint density at radius 2 is 1.86 bits per heavy atom. The third kappa shape index (κ3) is 6.19. The minimum Gasteiger partial charge on any atom is -0.489 e. The van der Waals surface area contributed by atoms with Crippen LogP contribution in [0.1, 0.15) is 63.8 Å². The Bertz CT molecular complexity index is 1340. The third-order valence-corrected chi connectivity index (χ3v) is 5.91. The fraction of sp³-hybridized carbons (Fsp3) is 0.172. The molecule has 178 valence electrons. The second-order valence-corrected chi connectivity index (χ2v) is 8.93. The van der Waals surface area contributed by atoms with Crippen LogP contribution in [0.25, 0.3) is 12.2 Å². The van der Waals surface area contributed by atoms with Gasteiger partial charge >= 0.3 is 5.97 Å². The smallest absolute Gasteiger partial charge is 0.335 e. The molecule has 0 bridgehead atoms. The lowest BCUT2D eigenvalue weighted by molar-refractivity contribution is 0.0697. The summed E-state index contributed by atoms with van der Waals surface area (Å²) in [5.41, 5.74) is 4.81. The number of hydrogen-bond acceptors (Lipinski definition) is 4. The molecule has 1 N–H and O–H groups in total. The van der Waals surface area contributed by atoms with Crippen LogP contribution in [0, 0.1) is 0 Å². The second kappa shape index (κ2) is 11.1. The minimum atomic E-state index is -0.958. The Kier molecular flexibility index (Phi) is 7.68. The number of aromatic carboxylic acids is 1. The Labute approximate surface area is 209 Å². The quantitative estimate of drug-likeness (QED) is 0.247. The lowest BCUT2D eigenvalue weighted by atomic mass is 10.0. The maximum absolute atomic E-state index is 11.2. The Morgan fingerprint density at radius 3 is 2.57 bits per heavy atom. The minimum absolute atomic E-state index is 0.182. The van der Waals surface area contributed by atoms with E-state index in [1.165, 1.54) is 0 Å². The number of ether oxygens (including phenoxy) is 1. The van der Waals surface area contributed by atoms with Gasteiger partial charge in [0.2, 0.25) is 0 Å². The molecular weight excluding hydrogens is 462 g/mol. The molecule has 0 aliphatic rings. The highest BCUT2D eigenvalue weighted by atomic mass is 35.5.